The summed E-state index contributed by atoms with van der Waals surface area (Å²) < 4.78 is 29.7. The highest BCUT2D eigenvalue weighted by atomic mass is 32.2. The van der Waals surface area contributed by atoms with E-state index in [1.807, 2.05) is 6.92 Å². The number of aryl methyl sites for hydroxylation is 1. The van der Waals surface area contributed by atoms with Crippen LogP contribution in [0.25, 0.3) is 0 Å². The predicted molar refractivity (Wildman–Crippen MR) is 121 cm³/mol. The summed E-state index contributed by atoms with van der Waals surface area (Å²) in [5.74, 6) is 3.08. The summed E-state index contributed by atoms with van der Waals surface area (Å²) in [5, 5.41) is 13.0. The quantitative estimate of drug-likeness (QED) is 0.644. The van der Waals surface area contributed by atoms with E-state index in [-0.39, 0.29) is 30.1 Å². The van der Waals surface area contributed by atoms with Gasteiger partial charge in [-0.3, -0.25) is 4.98 Å². The van der Waals surface area contributed by atoms with Crippen molar-refractivity contribution in [1.82, 2.24) is 14.8 Å². The van der Waals surface area contributed by atoms with Crippen molar-refractivity contribution in [2.75, 3.05) is 18.5 Å². The Bertz CT molecular complexity index is 1280. The van der Waals surface area contributed by atoms with Crippen molar-refractivity contribution in [2.45, 2.75) is 62.5 Å². The average Bonchev–Trinajstić information content (AvgIpc) is 3.35. The van der Waals surface area contributed by atoms with Gasteiger partial charge >= 0.3 is 6.03 Å². The Kier molecular flexibility index (Phi) is 5.60. The van der Waals surface area contributed by atoms with E-state index >= 15 is 0 Å². The van der Waals surface area contributed by atoms with Gasteiger partial charge in [0, 0.05) is 17.3 Å². The third-order valence-electron chi connectivity index (χ3n) is 6.18. The van der Waals surface area contributed by atoms with E-state index in [9.17, 15) is 9.00 Å². The molecule has 0 bridgehead atoms. The summed E-state index contributed by atoms with van der Waals surface area (Å²) in [6, 6.07) is -0.765. The van der Waals surface area contributed by atoms with Crippen molar-refractivity contribution in [2.24, 2.45) is 9.50 Å². The maximum Gasteiger partial charge on any atom is 0.354 e. The molecule has 2 aromatic heterocycles. The Hall–Kier alpha value is -2.94. The zero-order chi connectivity index (χ0) is 23.2. The molecule has 3 N–H and O–H groups in total. The van der Waals surface area contributed by atoms with Crippen molar-refractivity contribution in [3.05, 3.63) is 28.7 Å². The fraction of sp³-hybridized carbons (Fsp3) is 0.500. The number of nitrogens with zero attached hydrogens (tertiary/aromatic N) is 4. The van der Waals surface area contributed by atoms with Gasteiger partial charge in [-0.25, -0.2) is 18.8 Å². The standard InChI is InChI=1S/C22H26N6O4S/c1-3-9-31-15-11-28-21(32-12-15)18(10-24-28)33(23,30)27-22(29)26-20-13(2)19(14-7-8-14)25-17-6-4-5-16(17)20/h1,10,14-15H,4-9,11-12H2,2H3,(H3,23,25,26,27,29,30). The molecule has 2 aliphatic carbocycles. The first-order valence-electron chi connectivity index (χ1n) is 11.0. The highest BCUT2D eigenvalue weighted by Crippen LogP contribution is 2.44. The number of fused-ring (bicyclic) bond motifs is 2. The minimum absolute atomic E-state index is 0.0726. The molecule has 2 atom stereocenters. The van der Waals surface area contributed by atoms with Crippen LogP contribution in [0, 0.1) is 19.3 Å². The van der Waals surface area contributed by atoms with Gasteiger partial charge in [-0.2, -0.15) is 5.10 Å². The molecule has 1 aliphatic heterocycles. The molecule has 10 nitrogen and oxygen atoms in total. The van der Waals surface area contributed by atoms with Crippen molar-refractivity contribution >= 4 is 21.6 Å². The maximum atomic E-state index is 13.2. The molecule has 2 aromatic rings. The van der Waals surface area contributed by atoms with E-state index in [0.717, 1.165) is 60.3 Å². The van der Waals surface area contributed by atoms with Gasteiger partial charge in [-0.05, 0) is 50.2 Å². The normalized spacial score (nSPS) is 20.7. The van der Waals surface area contributed by atoms with Crippen molar-refractivity contribution in [3.8, 4) is 18.2 Å². The van der Waals surface area contributed by atoms with Crippen molar-refractivity contribution in [1.29, 1.82) is 0 Å². The second-order valence-corrected chi connectivity index (χ2v) is 10.3. The topological polar surface area (TPSA) is 134 Å². The van der Waals surface area contributed by atoms with Gasteiger partial charge in [0.1, 0.15) is 24.2 Å². The van der Waals surface area contributed by atoms with Gasteiger partial charge in [0.05, 0.1) is 18.4 Å². The number of carbonyl (C=O) groups excluding carboxylic acids is 1. The van der Waals surface area contributed by atoms with Gasteiger partial charge in [0.2, 0.25) is 5.88 Å². The van der Waals surface area contributed by atoms with Crippen molar-refractivity contribution < 1.29 is 18.5 Å². The summed E-state index contributed by atoms with van der Waals surface area (Å²) in [7, 11) is -3.59. The Labute approximate surface area is 192 Å². The molecular formula is C22H26N6O4S. The van der Waals surface area contributed by atoms with Crippen LogP contribution in [0.1, 0.15) is 47.7 Å². The number of hydrogen-bond donors (Lipinski definition) is 2. The second kappa shape index (κ2) is 8.44. The molecule has 1 fully saturated rings. The van der Waals surface area contributed by atoms with Crippen LogP contribution >= 0.6 is 0 Å². The van der Waals surface area contributed by atoms with Crippen LogP contribution in [-0.4, -0.2) is 44.3 Å². The van der Waals surface area contributed by atoms with E-state index in [1.54, 1.807) is 0 Å². The smallest absolute Gasteiger partial charge is 0.354 e. The first kappa shape index (κ1) is 21.9. The molecule has 0 spiro atoms. The van der Waals surface area contributed by atoms with Gasteiger partial charge in [0.25, 0.3) is 0 Å². The summed E-state index contributed by atoms with van der Waals surface area (Å²) >= 11 is 0. The molecule has 0 aromatic carbocycles. The molecule has 1 saturated carbocycles. The minimum Gasteiger partial charge on any atom is -0.474 e. The van der Waals surface area contributed by atoms with Crippen LogP contribution in [0.15, 0.2) is 15.5 Å². The van der Waals surface area contributed by atoms with Crippen LogP contribution in [0.4, 0.5) is 10.5 Å². The maximum absolute atomic E-state index is 13.2. The number of terminal acetylenes is 1. The number of anilines is 1. The predicted octanol–water partition coefficient (Wildman–Crippen LogP) is 2.30. The number of hydrogen-bond acceptors (Lipinski definition) is 6. The Morgan fingerprint density at radius 1 is 1.48 bits per heavy atom. The molecule has 3 aliphatic rings. The molecule has 33 heavy (non-hydrogen) atoms. The molecule has 0 radical (unpaired) electrons. The van der Waals surface area contributed by atoms with Crippen LogP contribution in [-0.2, 0) is 34.0 Å². The molecule has 0 saturated heterocycles. The Balaban J connectivity index is 1.40. The summed E-state index contributed by atoms with van der Waals surface area (Å²) in [6.07, 6.45) is 11.2. The lowest BCUT2D eigenvalue weighted by atomic mass is 10.0. The fourth-order valence-electron chi connectivity index (χ4n) is 4.45. The van der Waals surface area contributed by atoms with Crippen molar-refractivity contribution in [3.63, 3.8) is 0 Å². The molecule has 5 rings (SSSR count). The number of carbonyl (C=O) groups is 1. The number of urea groups is 1. The zero-order valence-electron chi connectivity index (χ0n) is 18.4. The Morgan fingerprint density at radius 3 is 3.06 bits per heavy atom. The summed E-state index contributed by atoms with van der Waals surface area (Å²) in [4.78, 5) is 17.8. The monoisotopic (exact) mass is 470 g/mol. The first-order valence-corrected chi connectivity index (χ1v) is 12.6. The third kappa shape index (κ3) is 4.21. The lowest BCUT2D eigenvalue weighted by Gasteiger charge is -2.24. The molecule has 2 unspecified atom stereocenters. The summed E-state index contributed by atoms with van der Waals surface area (Å²) in [5.41, 5.74) is 4.79. The van der Waals surface area contributed by atoms with Crippen LogP contribution in [0.5, 0.6) is 5.88 Å². The zero-order valence-corrected chi connectivity index (χ0v) is 19.2. The van der Waals surface area contributed by atoms with Gasteiger partial charge < -0.3 is 14.8 Å². The highest BCUT2D eigenvalue weighted by Gasteiger charge is 2.32. The lowest BCUT2D eigenvalue weighted by molar-refractivity contribution is 0.00163. The number of rotatable bonds is 5. The third-order valence-corrected chi connectivity index (χ3v) is 7.53. The molecule has 174 valence electrons. The van der Waals surface area contributed by atoms with Gasteiger partial charge in [-0.15, -0.1) is 10.8 Å². The van der Waals surface area contributed by atoms with Crippen LogP contribution in [0.3, 0.4) is 0 Å². The molecule has 11 heteroatoms. The lowest BCUT2D eigenvalue weighted by Crippen LogP contribution is -2.33. The molecule has 2 amide bonds. The molecular weight excluding hydrogens is 444 g/mol. The number of ether oxygens (including phenoxy) is 2. The van der Waals surface area contributed by atoms with E-state index in [4.69, 9.17) is 26.0 Å². The Morgan fingerprint density at radius 2 is 2.30 bits per heavy atom. The van der Waals surface area contributed by atoms with Gasteiger partial charge in [0.15, 0.2) is 9.92 Å². The molecule has 3 heterocycles. The largest absolute Gasteiger partial charge is 0.474 e. The summed E-state index contributed by atoms with van der Waals surface area (Å²) in [6.45, 7) is 2.69. The minimum atomic E-state index is -3.59. The van der Waals surface area contributed by atoms with Gasteiger partial charge in [-0.1, -0.05) is 5.92 Å². The van der Waals surface area contributed by atoms with Crippen LogP contribution < -0.4 is 15.2 Å². The van der Waals surface area contributed by atoms with E-state index in [0.29, 0.717) is 12.5 Å². The second-order valence-electron chi connectivity index (χ2n) is 8.58. The number of aromatic nitrogens is 3. The number of pyridine rings is 1. The number of amides is 2. The van der Waals surface area contributed by atoms with E-state index in [2.05, 4.69) is 20.7 Å². The first-order chi connectivity index (χ1) is 15.9. The van der Waals surface area contributed by atoms with E-state index < -0.39 is 15.9 Å². The fourth-order valence-corrected chi connectivity index (χ4v) is 5.45. The number of nitrogens with two attached hydrogens (primary N) is 1. The van der Waals surface area contributed by atoms with E-state index in [1.165, 1.54) is 10.9 Å². The average molecular weight is 471 g/mol. The van der Waals surface area contributed by atoms with Crippen LogP contribution in [0.2, 0.25) is 0 Å². The highest BCUT2D eigenvalue weighted by molar-refractivity contribution is 7.91. The SMILES string of the molecule is C#CCOC1COc2c(S(N)(=O)=NC(=O)Nc3c(C)c(C4CC4)nc4c3CCC4)cnn2C1. The number of nitrogens with one attached hydrogen (secondary N) is 1.